The van der Waals surface area contributed by atoms with Crippen molar-refractivity contribution in [2.45, 2.75) is 51.9 Å². The van der Waals surface area contributed by atoms with Crippen LogP contribution >= 0.6 is 15.9 Å². The SMILES string of the molecule is CCCCCCCCC(=O)Nc1c(F)cc(F)c(Br)c1F. The van der Waals surface area contributed by atoms with Gasteiger partial charge in [0.1, 0.15) is 11.5 Å². The van der Waals surface area contributed by atoms with Gasteiger partial charge in [-0.2, -0.15) is 0 Å². The summed E-state index contributed by atoms with van der Waals surface area (Å²) in [6.45, 7) is 2.12. The first kappa shape index (κ1) is 18.0. The molecule has 0 aliphatic rings. The molecule has 0 radical (unpaired) electrons. The highest BCUT2D eigenvalue weighted by molar-refractivity contribution is 9.10. The minimum absolute atomic E-state index is 0.194. The van der Waals surface area contributed by atoms with Gasteiger partial charge in [0.15, 0.2) is 11.6 Å². The number of nitrogens with one attached hydrogen (secondary N) is 1. The first-order valence-electron chi connectivity index (χ1n) is 7.10. The van der Waals surface area contributed by atoms with Gasteiger partial charge in [-0.15, -0.1) is 0 Å². The van der Waals surface area contributed by atoms with Gasteiger partial charge in [0, 0.05) is 12.5 Å². The Labute approximate surface area is 131 Å². The number of carbonyl (C=O) groups is 1. The second-order valence-corrected chi connectivity index (χ2v) is 5.70. The molecule has 0 spiro atoms. The van der Waals surface area contributed by atoms with Gasteiger partial charge in [-0.05, 0) is 22.4 Å². The summed E-state index contributed by atoms with van der Waals surface area (Å²) in [6.07, 6.45) is 6.27. The Morgan fingerprint density at radius 1 is 1.10 bits per heavy atom. The maximum absolute atomic E-state index is 13.7. The predicted molar refractivity (Wildman–Crippen MR) is 80.6 cm³/mol. The molecule has 0 aromatic heterocycles. The molecule has 21 heavy (non-hydrogen) atoms. The second-order valence-electron chi connectivity index (χ2n) is 4.91. The molecule has 1 rings (SSSR count). The van der Waals surface area contributed by atoms with Crippen molar-refractivity contribution < 1.29 is 18.0 Å². The lowest BCUT2D eigenvalue weighted by Gasteiger charge is -2.09. The molecule has 0 unspecified atom stereocenters. The fourth-order valence-electron chi connectivity index (χ4n) is 1.95. The van der Waals surface area contributed by atoms with Crippen molar-refractivity contribution in [2.75, 3.05) is 5.32 Å². The standard InChI is InChI=1S/C15H19BrF3NO/c1-2-3-4-5-6-7-8-12(21)20-15-11(18)9-10(17)13(16)14(15)19/h9H,2-8H2,1H3,(H,20,21). The van der Waals surface area contributed by atoms with Crippen LogP contribution in [0.15, 0.2) is 10.5 Å². The number of anilines is 1. The lowest BCUT2D eigenvalue weighted by Crippen LogP contribution is -2.14. The van der Waals surface area contributed by atoms with E-state index in [1.165, 1.54) is 6.42 Å². The van der Waals surface area contributed by atoms with E-state index < -0.39 is 33.5 Å². The molecule has 1 N–H and O–H groups in total. The molecular weight excluding hydrogens is 347 g/mol. The van der Waals surface area contributed by atoms with Crippen LogP contribution in [0.3, 0.4) is 0 Å². The molecule has 0 heterocycles. The van der Waals surface area contributed by atoms with Crippen LogP contribution in [0.2, 0.25) is 0 Å². The van der Waals surface area contributed by atoms with E-state index >= 15 is 0 Å². The average Bonchev–Trinajstić information content (AvgIpc) is 2.45. The topological polar surface area (TPSA) is 29.1 Å². The van der Waals surface area contributed by atoms with Crippen LogP contribution in [0, 0.1) is 17.5 Å². The zero-order chi connectivity index (χ0) is 15.8. The molecule has 0 aliphatic heterocycles. The molecular formula is C15H19BrF3NO. The van der Waals surface area contributed by atoms with Crippen molar-refractivity contribution in [3.63, 3.8) is 0 Å². The summed E-state index contributed by atoms with van der Waals surface area (Å²) in [7, 11) is 0. The van der Waals surface area contributed by atoms with Crippen molar-refractivity contribution in [1.29, 1.82) is 0 Å². The van der Waals surface area contributed by atoms with Gasteiger partial charge in [-0.1, -0.05) is 39.0 Å². The Kier molecular flexibility index (Phi) is 7.78. The largest absolute Gasteiger partial charge is 0.321 e. The van der Waals surface area contributed by atoms with E-state index in [1.807, 2.05) is 0 Å². The van der Waals surface area contributed by atoms with Gasteiger partial charge in [-0.25, -0.2) is 13.2 Å². The number of hydrogen-bond acceptors (Lipinski definition) is 1. The van der Waals surface area contributed by atoms with Crippen LogP contribution in [0.5, 0.6) is 0 Å². The van der Waals surface area contributed by atoms with E-state index in [0.717, 1.165) is 25.7 Å². The maximum atomic E-state index is 13.7. The number of benzene rings is 1. The third-order valence-corrected chi connectivity index (χ3v) is 3.86. The van der Waals surface area contributed by atoms with Crippen molar-refractivity contribution >= 4 is 27.5 Å². The van der Waals surface area contributed by atoms with Crippen molar-refractivity contribution in [1.82, 2.24) is 0 Å². The smallest absolute Gasteiger partial charge is 0.224 e. The number of unbranched alkanes of at least 4 members (excludes halogenated alkanes) is 5. The van der Waals surface area contributed by atoms with Gasteiger partial charge in [-0.3, -0.25) is 4.79 Å². The minimum atomic E-state index is -1.14. The first-order chi connectivity index (χ1) is 9.97. The van der Waals surface area contributed by atoms with Crippen LogP contribution in [0.1, 0.15) is 51.9 Å². The van der Waals surface area contributed by atoms with Crippen LogP contribution in [-0.4, -0.2) is 5.91 Å². The van der Waals surface area contributed by atoms with Gasteiger partial charge in [0.25, 0.3) is 0 Å². The lowest BCUT2D eigenvalue weighted by atomic mass is 10.1. The van der Waals surface area contributed by atoms with Crippen molar-refractivity contribution in [3.05, 3.63) is 28.0 Å². The molecule has 1 amide bonds. The number of carbonyl (C=O) groups excluding carboxylic acids is 1. The van der Waals surface area contributed by atoms with Crippen molar-refractivity contribution in [2.24, 2.45) is 0 Å². The van der Waals surface area contributed by atoms with Crippen LogP contribution in [0.25, 0.3) is 0 Å². The number of hydrogen-bond donors (Lipinski definition) is 1. The molecule has 0 aliphatic carbocycles. The van der Waals surface area contributed by atoms with E-state index in [0.29, 0.717) is 12.5 Å². The summed E-state index contributed by atoms with van der Waals surface area (Å²) < 4.78 is 39.7. The van der Waals surface area contributed by atoms with Gasteiger partial charge in [0.2, 0.25) is 5.91 Å². The van der Waals surface area contributed by atoms with Gasteiger partial charge < -0.3 is 5.32 Å². The summed E-state index contributed by atoms with van der Waals surface area (Å²) in [5, 5.41) is 2.16. The normalized spacial score (nSPS) is 10.7. The molecule has 0 fully saturated rings. The fourth-order valence-corrected chi connectivity index (χ4v) is 2.26. The molecule has 2 nitrogen and oxygen atoms in total. The highest BCUT2D eigenvalue weighted by Gasteiger charge is 2.18. The Morgan fingerprint density at radius 3 is 2.38 bits per heavy atom. The van der Waals surface area contributed by atoms with Crippen LogP contribution < -0.4 is 5.32 Å². The Balaban J connectivity index is 2.47. The Morgan fingerprint density at radius 2 is 1.71 bits per heavy atom. The van der Waals surface area contributed by atoms with E-state index in [4.69, 9.17) is 0 Å². The Bertz CT molecular complexity index is 494. The first-order valence-corrected chi connectivity index (χ1v) is 7.89. The second kappa shape index (κ2) is 9.07. The quantitative estimate of drug-likeness (QED) is 0.365. The molecule has 0 saturated carbocycles. The molecule has 6 heteroatoms. The number of halogens is 4. The van der Waals surface area contributed by atoms with E-state index in [2.05, 4.69) is 28.2 Å². The molecule has 1 aromatic rings. The molecule has 118 valence electrons. The summed E-state index contributed by atoms with van der Waals surface area (Å²) in [5.74, 6) is -3.77. The van der Waals surface area contributed by atoms with E-state index in [9.17, 15) is 18.0 Å². The van der Waals surface area contributed by atoms with Crippen LogP contribution in [-0.2, 0) is 4.79 Å². The minimum Gasteiger partial charge on any atom is -0.321 e. The average molecular weight is 366 g/mol. The van der Waals surface area contributed by atoms with E-state index in [1.54, 1.807) is 0 Å². The zero-order valence-electron chi connectivity index (χ0n) is 11.9. The highest BCUT2D eigenvalue weighted by Crippen LogP contribution is 2.29. The Hall–Kier alpha value is -1.04. The highest BCUT2D eigenvalue weighted by atomic mass is 79.9. The number of rotatable bonds is 8. The third kappa shape index (κ3) is 5.69. The maximum Gasteiger partial charge on any atom is 0.224 e. The summed E-state index contributed by atoms with van der Waals surface area (Å²) in [4.78, 5) is 11.6. The lowest BCUT2D eigenvalue weighted by molar-refractivity contribution is -0.116. The molecule has 1 aromatic carbocycles. The number of amides is 1. The van der Waals surface area contributed by atoms with Gasteiger partial charge in [0.05, 0.1) is 4.47 Å². The molecule has 0 atom stereocenters. The molecule has 0 saturated heterocycles. The van der Waals surface area contributed by atoms with Crippen LogP contribution in [0.4, 0.5) is 18.9 Å². The monoisotopic (exact) mass is 365 g/mol. The molecule has 0 bridgehead atoms. The summed E-state index contributed by atoms with van der Waals surface area (Å²) >= 11 is 2.67. The van der Waals surface area contributed by atoms with E-state index in [-0.39, 0.29) is 6.42 Å². The van der Waals surface area contributed by atoms with Crippen molar-refractivity contribution in [3.8, 4) is 0 Å². The predicted octanol–water partition coefficient (Wildman–Crippen LogP) is 5.56. The summed E-state index contributed by atoms with van der Waals surface area (Å²) in [6, 6.07) is 0.535. The third-order valence-electron chi connectivity index (χ3n) is 3.14. The summed E-state index contributed by atoms with van der Waals surface area (Å²) in [5.41, 5.74) is -0.612. The van der Waals surface area contributed by atoms with Gasteiger partial charge >= 0.3 is 0 Å². The fraction of sp³-hybridized carbons (Fsp3) is 0.533. The zero-order valence-corrected chi connectivity index (χ0v) is 13.5.